The Morgan fingerprint density at radius 2 is 1.72 bits per heavy atom. The summed E-state index contributed by atoms with van der Waals surface area (Å²) in [5, 5.41) is 0. The molecule has 0 aromatic heterocycles. The Balaban J connectivity index is 2.24. The van der Waals surface area contributed by atoms with Crippen LogP contribution in [0.2, 0.25) is 0 Å². The van der Waals surface area contributed by atoms with E-state index >= 15 is 0 Å². The molecule has 1 unspecified atom stereocenters. The first-order valence-electron chi connectivity index (χ1n) is 7.80. The van der Waals surface area contributed by atoms with Crippen molar-refractivity contribution < 1.29 is 4.74 Å². The van der Waals surface area contributed by atoms with Crippen molar-refractivity contribution in [3.63, 3.8) is 0 Å². The number of hydrazine groups is 1. The molecule has 0 aromatic carbocycles. The molecule has 0 spiro atoms. The minimum atomic E-state index is 0.0121. The standard InChI is InChI=1S/C15H32N2O/c1-3-4-5-6-7-8-11-14(17-16)15(18-2)12-9-10-13-15/h14,17H,3-13,16H2,1-2H3. The highest BCUT2D eigenvalue weighted by Gasteiger charge is 2.40. The molecule has 1 rings (SSSR count). The molecule has 3 nitrogen and oxygen atoms in total. The number of hydrogen-bond donors (Lipinski definition) is 2. The van der Waals surface area contributed by atoms with Crippen molar-refractivity contribution in [1.29, 1.82) is 0 Å². The van der Waals surface area contributed by atoms with E-state index in [-0.39, 0.29) is 5.60 Å². The summed E-state index contributed by atoms with van der Waals surface area (Å²) in [4.78, 5) is 0. The zero-order valence-corrected chi connectivity index (χ0v) is 12.3. The highest BCUT2D eigenvalue weighted by atomic mass is 16.5. The number of hydrogen-bond acceptors (Lipinski definition) is 3. The zero-order valence-electron chi connectivity index (χ0n) is 12.3. The quantitative estimate of drug-likeness (QED) is 0.357. The summed E-state index contributed by atoms with van der Waals surface area (Å²) in [6.07, 6.45) is 14.1. The highest BCUT2D eigenvalue weighted by Crippen LogP contribution is 2.37. The largest absolute Gasteiger partial charge is 0.377 e. The van der Waals surface area contributed by atoms with Crippen LogP contribution in [0, 0.1) is 0 Å². The van der Waals surface area contributed by atoms with Gasteiger partial charge in [0, 0.05) is 7.11 Å². The first kappa shape index (κ1) is 15.9. The second-order valence-corrected chi connectivity index (χ2v) is 5.75. The van der Waals surface area contributed by atoms with Crippen molar-refractivity contribution in [1.82, 2.24) is 5.43 Å². The molecule has 0 bridgehead atoms. The molecule has 3 heteroatoms. The van der Waals surface area contributed by atoms with Gasteiger partial charge in [-0.15, -0.1) is 0 Å². The van der Waals surface area contributed by atoms with E-state index in [4.69, 9.17) is 10.6 Å². The number of unbranched alkanes of at least 4 members (excludes halogenated alkanes) is 5. The number of ether oxygens (including phenoxy) is 1. The van der Waals surface area contributed by atoms with E-state index < -0.39 is 0 Å². The van der Waals surface area contributed by atoms with E-state index in [1.165, 1.54) is 51.4 Å². The molecule has 18 heavy (non-hydrogen) atoms. The number of nitrogens with one attached hydrogen (secondary N) is 1. The predicted molar refractivity (Wildman–Crippen MR) is 77.3 cm³/mol. The number of rotatable bonds is 10. The first-order chi connectivity index (χ1) is 8.79. The monoisotopic (exact) mass is 256 g/mol. The maximum Gasteiger partial charge on any atom is 0.0844 e. The van der Waals surface area contributed by atoms with Crippen LogP contribution in [0.25, 0.3) is 0 Å². The van der Waals surface area contributed by atoms with Gasteiger partial charge in [0.05, 0.1) is 11.6 Å². The molecule has 0 heterocycles. The van der Waals surface area contributed by atoms with Crippen LogP contribution in [0.3, 0.4) is 0 Å². The molecule has 0 aliphatic heterocycles. The molecule has 1 aliphatic carbocycles. The van der Waals surface area contributed by atoms with Crippen LogP contribution < -0.4 is 11.3 Å². The number of methoxy groups -OCH3 is 1. The summed E-state index contributed by atoms with van der Waals surface area (Å²) in [5.41, 5.74) is 3.02. The van der Waals surface area contributed by atoms with Crippen molar-refractivity contribution >= 4 is 0 Å². The molecule has 0 aromatic rings. The van der Waals surface area contributed by atoms with Gasteiger partial charge in [-0.05, 0) is 19.3 Å². The summed E-state index contributed by atoms with van der Waals surface area (Å²) >= 11 is 0. The fourth-order valence-electron chi connectivity index (χ4n) is 3.30. The van der Waals surface area contributed by atoms with E-state index in [0.29, 0.717) is 6.04 Å². The molecule has 1 saturated carbocycles. The maximum atomic E-state index is 5.80. The lowest BCUT2D eigenvalue weighted by Gasteiger charge is -2.36. The molecule has 1 atom stereocenters. The fourth-order valence-corrected chi connectivity index (χ4v) is 3.30. The molecular formula is C15H32N2O. The molecule has 0 saturated heterocycles. The Morgan fingerprint density at radius 1 is 1.11 bits per heavy atom. The van der Waals surface area contributed by atoms with Crippen LogP contribution in [0.15, 0.2) is 0 Å². The third kappa shape index (κ3) is 4.52. The third-order valence-corrected chi connectivity index (χ3v) is 4.54. The predicted octanol–water partition coefficient (Wildman–Crippen LogP) is 3.53. The van der Waals surface area contributed by atoms with E-state index in [0.717, 1.165) is 19.3 Å². The molecule has 3 N–H and O–H groups in total. The van der Waals surface area contributed by atoms with Gasteiger partial charge in [-0.3, -0.25) is 11.3 Å². The molecule has 0 amide bonds. The number of nitrogens with two attached hydrogens (primary N) is 1. The Kier molecular flexibility index (Phi) is 7.87. The van der Waals surface area contributed by atoms with E-state index in [1.807, 2.05) is 7.11 Å². The average molecular weight is 256 g/mol. The topological polar surface area (TPSA) is 47.3 Å². The van der Waals surface area contributed by atoms with Gasteiger partial charge in [0.1, 0.15) is 0 Å². The van der Waals surface area contributed by atoms with E-state index in [2.05, 4.69) is 12.3 Å². The second kappa shape index (κ2) is 8.89. The van der Waals surface area contributed by atoms with Gasteiger partial charge >= 0.3 is 0 Å². The van der Waals surface area contributed by atoms with Crippen LogP contribution in [-0.4, -0.2) is 18.8 Å². The minimum absolute atomic E-state index is 0.0121. The van der Waals surface area contributed by atoms with Gasteiger partial charge < -0.3 is 4.74 Å². The Hall–Kier alpha value is -0.120. The smallest absolute Gasteiger partial charge is 0.0844 e. The fraction of sp³-hybridized carbons (Fsp3) is 1.00. The van der Waals surface area contributed by atoms with Gasteiger partial charge in [-0.1, -0.05) is 58.3 Å². The van der Waals surface area contributed by atoms with Gasteiger partial charge in [-0.25, -0.2) is 0 Å². The van der Waals surface area contributed by atoms with E-state index in [9.17, 15) is 0 Å². The second-order valence-electron chi connectivity index (χ2n) is 5.75. The zero-order chi connectivity index (χ0) is 13.3. The summed E-state index contributed by atoms with van der Waals surface area (Å²) in [6, 6.07) is 0.330. The molecule has 108 valence electrons. The molecule has 1 fully saturated rings. The molecule has 1 aliphatic rings. The Bertz CT molecular complexity index is 203. The van der Waals surface area contributed by atoms with Gasteiger partial charge in [0.2, 0.25) is 0 Å². The van der Waals surface area contributed by atoms with Gasteiger partial charge in [0.25, 0.3) is 0 Å². The van der Waals surface area contributed by atoms with E-state index in [1.54, 1.807) is 0 Å². The van der Waals surface area contributed by atoms with Gasteiger partial charge in [0.15, 0.2) is 0 Å². The van der Waals surface area contributed by atoms with Crippen molar-refractivity contribution in [2.45, 2.75) is 89.2 Å². The van der Waals surface area contributed by atoms with Gasteiger partial charge in [-0.2, -0.15) is 0 Å². The van der Waals surface area contributed by atoms with Crippen LogP contribution in [-0.2, 0) is 4.74 Å². The normalized spacial score (nSPS) is 20.2. The summed E-state index contributed by atoms with van der Waals surface area (Å²) in [6.45, 7) is 2.26. The van der Waals surface area contributed by atoms with Crippen molar-refractivity contribution in [3.05, 3.63) is 0 Å². The minimum Gasteiger partial charge on any atom is -0.377 e. The van der Waals surface area contributed by atoms with Crippen LogP contribution in [0.1, 0.15) is 77.6 Å². The SMILES string of the molecule is CCCCCCCCC(NN)C1(OC)CCCC1. The lowest BCUT2D eigenvalue weighted by molar-refractivity contribution is -0.0384. The summed E-state index contributed by atoms with van der Waals surface area (Å²) < 4.78 is 5.80. The molecular weight excluding hydrogens is 224 g/mol. The summed E-state index contributed by atoms with van der Waals surface area (Å²) in [7, 11) is 1.84. The van der Waals surface area contributed by atoms with Crippen LogP contribution in [0.4, 0.5) is 0 Å². The Morgan fingerprint density at radius 3 is 2.28 bits per heavy atom. The van der Waals surface area contributed by atoms with Crippen LogP contribution in [0.5, 0.6) is 0 Å². The third-order valence-electron chi connectivity index (χ3n) is 4.54. The van der Waals surface area contributed by atoms with Crippen molar-refractivity contribution in [3.8, 4) is 0 Å². The van der Waals surface area contributed by atoms with Crippen molar-refractivity contribution in [2.75, 3.05) is 7.11 Å². The Labute approximate surface area is 113 Å². The maximum absolute atomic E-state index is 5.80. The first-order valence-corrected chi connectivity index (χ1v) is 7.80. The lowest BCUT2D eigenvalue weighted by Crippen LogP contribution is -2.53. The highest BCUT2D eigenvalue weighted by molar-refractivity contribution is 4.95. The molecule has 0 radical (unpaired) electrons. The van der Waals surface area contributed by atoms with Crippen molar-refractivity contribution in [2.24, 2.45) is 5.84 Å². The average Bonchev–Trinajstić information content (AvgIpc) is 2.88. The summed E-state index contributed by atoms with van der Waals surface area (Å²) in [5.74, 6) is 5.75. The lowest BCUT2D eigenvalue weighted by atomic mass is 9.88. The van der Waals surface area contributed by atoms with Crippen LogP contribution >= 0.6 is 0 Å².